The molecule has 1 aliphatic rings. The molecular weight excluding hydrogens is 414 g/mol. The van der Waals surface area contributed by atoms with Gasteiger partial charge in [-0.05, 0) is 48.9 Å². The molecule has 9 heteroatoms. The molecule has 0 radical (unpaired) electrons. The number of hydrogen-bond donors (Lipinski definition) is 1. The number of sulfone groups is 1. The molecule has 150 valence electrons. The third-order valence-electron chi connectivity index (χ3n) is 4.48. The van der Waals surface area contributed by atoms with Crippen LogP contribution < -0.4 is 10.1 Å². The quantitative estimate of drug-likeness (QED) is 0.669. The standard InChI is InChI=1S/C20H18ClN3O4S/c1-13-3-2-4-16(9-13)28-10-19(25)22-20-17-11-29(26,27)12-18(17)23-24(20)15-7-5-14(21)6-8-15/h2-9H,10-12H2,1H3,(H,22,25). The average molecular weight is 432 g/mol. The van der Waals surface area contributed by atoms with Crippen LogP contribution in [0.2, 0.25) is 5.02 Å². The predicted molar refractivity (Wildman–Crippen MR) is 110 cm³/mol. The number of benzene rings is 2. The minimum absolute atomic E-state index is 0.147. The number of fused-ring (bicyclic) bond motifs is 1. The van der Waals surface area contributed by atoms with Crippen LogP contribution in [0, 0.1) is 6.92 Å². The fourth-order valence-electron chi connectivity index (χ4n) is 3.16. The lowest BCUT2D eigenvalue weighted by atomic mass is 10.2. The van der Waals surface area contributed by atoms with Gasteiger partial charge in [0.05, 0.1) is 22.9 Å². The Kier molecular flexibility index (Phi) is 5.06. The van der Waals surface area contributed by atoms with Gasteiger partial charge in [-0.25, -0.2) is 13.1 Å². The van der Waals surface area contributed by atoms with Gasteiger partial charge in [0.25, 0.3) is 5.91 Å². The number of aromatic nitrogens is 2. The second-order valence-corrected chi connectivity index (χ2v) is 9.35. The molecule has 1 aliphatic heterocycles. The van der Waals surface area contributed by atoms with E-state index < -0.39 is 15.7 Å². The van der Waals surface area contributed by atoms with Crippen molar-refractivity contribution < 1.29 is 17.9 Å². The first-order valence-corrected chi connectivity index (χ1v) is 11.1. The van der Waals surface area contributed by atoms with E-state index in [-0.39, 0.29) is 18.1 Å². The third-order valence-corrected chi connectivity index (χ3v) is 6.17. The van der Waals surface area contributed by atoms with Gasteiger partial charge in [0.1, 0.15) is 11.6 Å². The van der Waals surface area contributed by atoms with E-state index in [4.69, 9.17) is 16.3 Å². The zero-order chi connectivity index (χ0) is 20.6. The average Bonchev–Trinajstić information content (AvgIpc) is 3.13. The van der Waals surface area contributed by atoms with Crippen molar-refractivity contribution in [1.29, 1.82) is 0 Å². The van der Waals surface area contributed by atoms with E-state index in [1.165, 1.54) is 4.68 Å². The summed E-state index contributed by atoms with van der Waals surface area (Å²) in [6, 6.07) is 14.3. The molecule has 0 unspecified atom stereocenters. The lowest BCUT2D eigenvalue weighted by molar-refractivity contribution is -0.118. The summed E-state index contributed by atoms with van der Waals surface area (Å²) in [4.78, 5) is 12.5. The molecule has 3 aromatic rings. The van der Waals surface area contributed by atoms with Gasteiger partial charge in [-0.1, -0.05) is 23.7 Å². The topological polar surface area (TPSA) is 90.3 Å². The molecule has 1 amide bonds. The molecule has 0 aliphatic carbocycles. The number of carbonyl (C=O) groups excluding carboxylic acids is 1. The van der Waals surface area contributed by atoms with Crippen molar-refractivity contribution in [2.75, 3.05) is 11.9 Å². The maximum atomic E-state index is 12.5. The Morgan fingerprint density at radius 1 is 1.21 bits per heavy atom. The SMILES string of the molecule is Cc1cccc(OCC(=O)Nc2c3c(nn2-c2ccc(Cl)cc2)CS(=O)(=O)C3)c1. The molecule has 0 atom stereocenters. The Bertz CT molecular complexity index is 1190. The molecule has 1 aromatic heterocycles. The van der Waals surface area contributed by atoms with Crippen molar-refractivity contribution in [1.82, 2.24) is 9.78 Å². The van der Waals surface area contributed by atoms with Crippen molar-refractivity contribution in [3.63, 3.8) is 0 Å². The smallest absolute Gasteiger partial charge is 0.263 e. The Morgan fingerprint density at radius 3 is 2.69 bits per heavy atom. The number of aryl methyl sites for hydroxylation is 1. The largest absolute Gasteiger partial charge is 0.484 e. The van der Waals surface area contributed by atoms with E-state index in [9.17, 15) is 13.2 Å². The molecule has 1 N–H and O–H groups in total. The number of amides is 1. The molecule has 2 aromatic carbocycles. The van der Waals surface area contributed by atoms with E-state index in [0.29, 0.717) is 33.5 Å². The summed E-state index contributed by atoms with van der Waals surface area (Å²) in [6.07, 6.45) is 0. The van der Waals surface area contributed by atoms with Gasteiger partial charge in [0.15, 0.2) is 16.4 Å². The van der Waals surface area contributed by atoms with Crippen LogP contribution in [0.5, 0.6) is 5.75 Å². The Labute approximate surface area is 173 Å². The van der Waals surface area contributed by atoms with Gasteiger partial charge in [-0.2, -0.15) is 5.10 Å². The minimum atomic E-state index is -3.27. The van der Waals surface area contributed by atoms with Crippen molar-refractivity contribution in [2.24, 2.45) is 0 Å². The Morgan fingerprint density at radius 2 is 1.97 bits per heavy atom. The van der Waals surface area contributed by atoms with Gasteiger partial charge >= 0.3 is 0 Å². The Balaban J connectivity index is 1.60. The molecule has 0 saturated heterocycles. The summed E-state index contributed by atoms with van der Waals surface area (Å²) in [5, 5.41) is 7.74. The summed E-state index contributed by atoms with van der Waals surface area (Å²) in [7, 11) is -3.27. The van der Waals surface area contributed by atoms with Crippen LogP contribution in [-0.2, 0) is 26.1 Å². The van der Waals surface area contributed by atoms with Crippen LogP contribution in [0.3, 0.4) is 0 Å². The first kappa shape index (κ1) is 19.5. The molecule has 0 fully saturated rings. The second-order valence-electron chi connectivity index (χ2n) is 6.85. The summed E-state index contributed by atoms with van der Waals surface area (Å²) in [6.45, 7) is 1.72. The van der Waals surface area contributed by atoms with Crippen molar-refractivity contribution >= 4 is 33.2 Å². The summed E-state index contributed by atoms with van der Waals surface area (Å²) in [5.41, 5.74) is 2.63. The minimum Gasteiger partial charge on any atom is -0.484 e. The highest BCUT2D eigenvalue weighted by atomic mass is 35.5. The number of anilines is 1. The maximum Gasteiger partial charge on any atom is 0.263 e. The monoisotopic (exact) mass is 431 g/mol. The highest BCUT2D eigenvalue weighted by molar-refractivity contribution is 7.90. The summed E-state index contributed by atoms with van der Waals surface area (Å²) < 4.78 is 31.1. The van der Waals surface area contributed by atoms with Crippen molar-refractivity contribution in [2.45, 2.75) is 18.4 Å². The molecule has 0 bridgehead atoms. The van der Waals surface area contributed by atoms with Crippen LogP contribution in [0.1, 0.15) is 16.8 Å². The number of halogens is 1. The van der Waals surface area contributed by atoms with E-state index in [1.54, 1.807) is 30.3 Å². The highest BCUT2D eigenvalue weighted by Crippen LogP contribution is 2.33. The van der Waals surface area contributed by atoms with Crippen LogP contribution in [0.15, 0.2) is 48.5 Å². The van der Waals surface area contributed by atoms with Crippen LogP contribution in [-0.4, -0.2) is 30.7 Å². The molecule has 0 saturated carbocycles. The number of nitrogens with zero attached hydrogens (tertiary/aromatic N) is 2. The first-order valence-electron chi connectivity index (χ1n) is 8.87. The lowest BCUT2D eigenvalue weighted by Crippen LogP contribution is -2.22. The fourth-order valence-corrected chi connectivity index (χ4v) is 4.78. The second kappa shape index (κ2) is 7.53. The van der Waals surface area contributed by atoms with Gasteiger partial charge in [0.2, 0.25) is 0 Å². The van der Waals surface area contributed by atoms with Gasteiger partial charge in [0, 0.05) is 10.6 Å². The summed E-state index contributed by atoms with van der Waals surface area (Å²) in [5.74, 6) is 0.199. The fraction of sp³-hybridized carbons (Fsp3) is 0.200. The van der Waals surface area contributed by atoms with Crippen LogP contribution in [0.25, 0.3) is 5.69 Å². The zero-order valence-electron chi connectivity index (χ0n) is 15.6. The molecule has 2 heterocycles. The molecular formula is C20H18ClN3O4S. The molecule has 4 rings (SSSR count). The number of carbonyl (C=O) groups is 1. The number of rotatable bonds is 5. The van der Waals surface area contributed by atoms with E-state index >= 15 is 0 Å². The summed E-state index contributed by atoms with van der Waals surface area (Å²) >= 11 is 5.95. The number of nitrogens with one attached hydrogen (secondary N) is 1. The third kappa shape index (κ3) is 4.28. The van der Waals surface area contributed by atoms with Crippen molar-refractivity contribution in [3.8, 4) is 11.4 Å². The van der Waals surface area contributed by atoms with E-state index in [2.05, 4.69) is 10.4 Å². The molecule has 29 heavy (non-hydrogen) atoms. The normalized spacial score (nSPS) is 14.4. The van der Waals surface area contributed by atoms with Crippen LogP contribution >= 0.6 is 11.6 Å². The lowest BCUT2D eigenvalue weighted by Gasteiger charge is -2.12. The van der Waals surface area contributed by atoms with Gasteiger partial charge < -0.3 is 10.1 Å². The van der Waals surface area contributed by atoms with Crippen LogP contribution in [0.4, 0.5) is 5.82 Å². The van der Waals surface area contributed by atoms with Crippen molar-refractivity contribution in [3.05, 3.63) is 70.4 Å². The maximum absolute atomic E-state index is 12.5. The van der Waals surface area contributed by atoms with Gasteiger partial charge in [-0.3, -0.25) is 4.79 Å². The first-order chi connectivity index (χ1) is 13.8. The predicted octanol–water partition coefficient (Wildman–Crippen LogP) is 3.28. The van der Waals surface area contributed by atoms with Gasteiger partial charge in [-0.15, -0.1) is 0 Å². The van der Waals surface area contributed by atoms with E-state index in [1.807, 2.05) is 25.1 Å². The number of hydrogen-bond acceptors (Lipinski definition) is 5. The molecule has 0 spiro atoms. The van der Waals surface area contributed by atoms with E-state index in [0.717, 1.165) is 5.56 Å². The highest BCUT2D eigenvalue weighted by Gasteiger charge is 2.33. The Hall–Kier alpha value is -2.84. The number of ether oxygens (including phenoxy) is 1. The molecule has 7 nitrogen and oxygen atoms in total. The zero-order valence-corrected chi connectivity index (χ0v) is 17.1.